The van der Waals surface area contributed by atoms with Crippen LogP contribution in [0.1, 0.15) is 52.1 Å². The molecule has 2 aromatic carbocycles. The number of ether oxygens (including phenoxy) is 1. The van der Waals surface area contributed by atoms with Crippen molar-refractivity contribution in [2.24, 2.45) is 0 Å². The lowest BCUT2D eigenvalue weighted by atomic mass is 9.94. The molecule has 0 radical (unpaired) electrons. The molecule has 0 spiro atoms. The molecule has 0 aliphatic carbocycles. The van der Waals surface area contributed by atoms with E-state index < -0.39 is 13.9 Å². The van der Waals surface area contributed by atoms with Crippen LogP contribution < -0.4 is 10.4 Å². The largest absolute Gasteiger partial charge is 0.463 e. The van der Waals surface area contributed by atoms with Gasteiger partial charge >= 0.3 is 0 Å². The van der Waals surface area contributed by atoms with Gasteiger partial charge in [0.2, 0.25) is 0 Å². The third-order valence-electron chi connectivity index (χ3n) is 6.88. The molecule has 33 heavy (non-hydrogen) atoms. The average Bonchev–Trinajstić information content (AvgIpc) is 3.45. The molecule has 4 nitrogen and oxygen atoms in total. The molecule has 0 saturated carbocycles. The topological polar surface area (TPSA) is 51.8 Å². The van der Waals surface area contributed by atoms with Gasteiger partial charge < -0.3 is 18.7 Å². The lowest BCUT2D eigenvalue weighted by Gasteiger charge is -2.43. The van der Waals surface area contributed by atoms with Gasteiger partial charge in [-0.2, -0.15) is 0 Å². The molecule has 2 heterocycles. The van der Waals surface area contributed by atoms with E-state index in [1.807, 2.05) is 19.1 Å². The zero-order valence-corrected chi connectivity index (χ0v) is 21.4. The van der Waals surface area contributed by atoms with Gasteiger partial charge in [-0.05, 0) is 54.2 Å². The van der Waals surface area contributed by atoms with Crippen molar-refractivity contribution in [2.45, 2.75) is 70.3 Å². The Labute approximate surface area is 198 Å². The normalized spacial score (nSPS) is 21.2. The molecule has 1 N–H and O–H groups in total. The molecule has 1 aliphatic rings. The fourth-order valence-electron chi connectivity index (χ4n) is 5.09. The van der Waals surface area contributed by atoms with E-state index in [2.05, 4.69) is 81.4 Å². The van der Waals surface area contributed by atoms with Crippen molar-refractivity contribution >= 4 is 18.7 Å². The molecule has 3 aromatic rings. The van der Waals surface area contributed by atoms with Crippen molar-refractivity contribution in [3.8, 4) is 0 Å². The lowest BCUT2D eigenvalue weighted by Crippen LogP contribution is -2.67. The summed E-state index contributed by atoms with van der Waals surface area (Å²) in [5.74, 6) is 1.34. The van der Waals surface area contributed by atoms with Crippen LogP contribution >= 0.6 is 0 Å². The third kappa shape index (κ3) is 4.60. The molecular formula is C28H36O4Si. The van der Waals surface area contributed by atoms with E-state index in [4.69, 9.17) is 13.6 Å². The van der Waals surface area contributed by atoms with Crippen LogP contribution in [0.3, 0.4) is 0 Å². The Kier molecular flexibility index (Phi) is 6.69. The second-order valence-corrected chi connectivity index (χ2v) is 14.7. The molecular weight excluding hydrogens is 428 g/mol. The van der Waals surface area contributed by atoms with E-state index in [0.29, 0.717) is 12.4 Å². The Balaban J connectivity index is 1.58. The van der Waals surface area contributed by atoms with Gasteiger partial charge in [0, 0.05) is 0 Å². The van der Waals surface area contributed by atoms with Crippen molar-refractivity contribution in [1.82, 2.24) is 0 Å². The number of benzene rings is 2. The molecule has 4 rings (SSSR count). The van der Waals surface area contributed by atoms with E-state index in [1.165, 1.54) is 10.4 Å². The van der Waals surface area contributed by atoms with Crippen LogP contribution in [0, 0.1) is 6.92 Å². The summed E-state index contributed by atoms with van der Waals surface area (Å²) in [5.41, 5.74) is -1.17. The summed E-state index contributed by atoms with van der Waals surface area (Å²) in [4.78, 5) is 0. The third-order valence-corrected chi connectivity index (χ3v) is 11.9. The van der Waals surface area contributed by atoms with E-state index in [9.17, 15) is 5.11 Å². The van der Waals surface area contributed by atoms with Crippen LogP contribution in [-0.2, 0) is 14.8 Å². The van der Waals surface area contributed by atoms with Gasteiger partial charge in [-0.1, -0.05) is 81.4 Å². The highest BCUT2D eigenvalue weighted by Gasteiger charge is 2.51. The molecule has 0 unspecified atom stereocenters. The van der Waals surface area contributed by atoms with Gasteiger partial charge in [0.05, 0.1) is 18.8 Å². The van der Waals surface area contributed by atoms with Crippen LogP contribution in [-0.4, -0.2) is 32.2 Å². The summed E-state index contributed by atoms with van der Waals surface area (Å²) in [7, 11) is -2.61. The zero-order valence-electron chi connectivity index (χ0n) is 20.4. The van der Waals surface area contributed by atoms with Gasteiger partial charge in [-0.3, -0.25) is 0 Å². The van der Waals surface area contributed by atoms with Crippen LogP contribution in [0.4, 0.5) is 0 Å². The highest BCUT2D eigenvalue weighted by atomic mass is 28.4. The van der Waals surface area contributed by atoms with Gasteiger partial charge in [0.1, 0.15) is 17.1 Å². The lowest BCUT2D eigenvalue weighted by molar-refractivity contribution is -0.114. The molecule has 1 saturated heterocycles. The van der Waals surface area contributed by atoms with Crippen molar-refractivity contribution in [3.63, 3.8) is 0 Å². The van der Waals surface area contributed by atoms with Gasteiger partial charge in [0.15, 0.2) is 0 Å². The Morgan fingerprint density at radius 1 is 0.879 bits per heavy atom. The number of furan rings is 1. The molecule has 176 valence electrons. The van der Waals surface area contributed by atoms with Gasteiger partial charge in [0.25, 0.3) is 8.32 Å². The molecule has 1 aromatic heterocycles. The van der Waals surface area contributed by atoms with Crippen molar-refractivity contribution in [2.75, 3.05) is 6.61 Å². The number of hydrogen-bond acceptors (Lipinski definition) is 4. The second-order valence-electron chi connectivity index (χ2n) is 10.4. The molecule has 1 fully saturated rings. The number of hydrogen-bond donors (Lipinski definition) is 1. The summed E-state index contributed by atoms with van der Waals surface area (Å²) in [6, 6.07) is 25.0. The van der Waals surface area contributed by atoms with E-state index in [0.717, 1.165) is 18.6 Å². The zero-order chi connectivity index (χ0) is 23.7. The molecule has 1 aliphatic heterocycles. The maximum atomic E-state index is 11.2. The van der Waals surface area contributed by atoms with Gasteiger partial charge in [-0.25, -0.2) is 0 Å². The number of aryl methyl sites for hydroxylation is 1. The first-order valence-electron chi connectivity index (χ1n) is 11.8. The fraction of sp³-hybridized carbons (Fsp3) is 0.429. The Morgan fingerprint density at radius 3 is 1.94 bits per heavy atom. The molecule has 3 atom stereocenters. The van der Waals surface area contributed by atoms with E-state index >= 15 is 0 Å². The van der Waals surface area contributed by atoms with Crippen LogP contribution in [0.5, 0.6) is 0 Å². The fourth-order valence-corrected chi connectivity index (χ4v) is 9.68. The monoisotopic (exact) mass is 464 g/mol. The van der Waals surface area contributed by atoms with E-state index in [-0.39, 0.29) is 17.2 Å². The second kappa shape index (κ2) is 9.22. The average molecular weight is 465 g/mol. The van der Waals surface area contributed by atoms with Crippen molar-refractivity contribution < 1.29 is 18.7 Å². The van der Waals surface area contributed by atoms with Crippen LogP contribution in [0.15, 0.2) is 77.2 Å². The maximum absolute atomic E-state index is 11.2. The van der Waals surface area contributed by atoms with E-state index in [1.54, 1.807) is 6.92 Å². The Hall–Kier alpha value is -2.18. The number of rotatable bonds is 7. The summed E-state index contributed by atoms with van der Waals surface area (Å²) < 4.78 is 19.1. The van der Waals surface area contributed by atoms with Crippen molar-refractivity contribution in [1.29, 1.82) is 0 Å². The quantitative estimate of drug-likeness (QED) is 0.504. The molecule has 5 heteroatoms. The Morgan fingerprint density at radius 2 is 1.45 bits per heavy atom. The minimum Gasteiger partial charge on any atom is -0.463 e. The minimum absolute atomic E-state index is 0.0702. The highest BCUT2D eigenvalue weighted by Crippen LogP contribution is 2.39. The van der Waals surface area contributed by atoms with Crippen LogP contribution in [0.25, 0.3) is 0 Å². The molecule has 0 amide bonds. The summed E-state index contributed by atoms with van der Waals surface area (Å²) >= 11 is 0. The smallest absolute Gasteiger partial charge is 0.261 e. The predicted molar refractivity (Wildman–Crippen MR) is 134 cm³/mol. The van der Waals surface area contributed by atoms with Crippen molar-refractivity contribution in [3.05, 3.63) is 84.3 Å². The predicted octanol–water partition coefficient (Wildman–Crippen LogP) is 4.92. The first-order valence-corrected chi connectivity index (χ1v) is 13.7. The SMILES string of the molecule is Cc1ccc([C@@](C)(O)[C@H]2CC[C@@H](CO[Si](c3ccccc3)(c3ccccc3)C(C)(C)C)O2)o1. The number of aliphatic hydroxyl groups is 1. The van der Waals surface area contributed by atoms with Crippen LogP contribution in [0.2, 0.25) is 5.04 Å². The maximum Gasteiger partial charge on any atom is 0.261 e. The summed E-state index contributed by atoms with van der Waals surface area (Å²) in [5, 5.41) is 13.6. The first kappa shape index (κ1) is 24.0. The highest BCUT2D eigenvalue weighted by molar-refractivity contribution is 6.99. The summed E-state index contributed by atoms with van der Waals surface area (Å²) in [6.07, 6.45) is 1.22. The first-order chi connectivity index (χ1) is 15.6. The Bertz CT molecular complexity index is 997. The standard InChI is InChI=1S/C28H36O4Si/c1-21-16-18-25(31-21)28(5,29)26-19-17-22(32-26)20-30-33(27(2,3)4,23-12-8-6-9-13-23)24-14-10-7-11-15-24/h6-16,18,22,26,29H,17,19-20H2,1-5H3/t22-,26+,28+/m0/s1. The van der Waals surface area contributed by atoms with Gasteiger partial charge in [-0.15, -0.1) is 0 Å². The molecule has 0 bridgehead atoms. The summed E-state index contributed by atoms with van der Waals surface area (Å²) in [6.45, 7) is 11.0. The minimum atomic E-state index is -2.61.